The number of aliphatic hydroxyl groups excluding tert-OH is 1. The van der Waals surface area contributed by atoms with E-state index in [-0.39, 0.29) is 6.61 Å². The maximum atomic E-state index is 9.18. The maximum Gasteiger partial charge on any atom is 0.228 e. The second kappa shape index (κ2) is 11.0. The molecular formula is C28H32N8O2. The van der Waals surface area contributed by atoms with Crippen LogP contribution < -0.4 is 9.64 Å². The normalized spacial score (nSPS) is 11.3. The smallest absolute Gasteiger partial charge is 0.228 e. The van der Waals surface area contributed by atoms with E-state index in [9.17, 15) is 5.11 Å². The van der Waals surface area contributed by atoms with Crippen LogP contribution in [0.3, 0.4) is 0 Å². The molecule has 0 atom stereocenters. The Balaban J connectivity index is 1.41. The van der Waals surface area contributed by atoms with Gasteiger partial charge in [-0.25, -0.2) is 9.97 Å². The first kappa shape index (κ1) is 25.3. The number of nitrogens with zero attached hydrogens (tertiary/aromatic N) is 7. The molecule has 10 nitrogen and oxygen atoms in total. The van der Waals surface area contributed by atoms with Crippen LogP contribution in [0.5, 0.6) is 5.88 Å². The van der Waals surface area contributed by atoms with Crippen LogP contribution in [-0.4, -0.2) is 66.6 Å². The van der Waals surface area contributed by atoms with E-state index in [1.807, 2.05) is 56.6 Å². The number of fused-ring (bicyclic) bond motifs is 1. The number of hydrogen-bond donors (Lipinski definition) is 2. The molecule has 0 aliphatic rings. The van der Waals surface area contributed by atoms with Crippen molar-refractivity contribution in [2.45, 2.75) is 26.7 Å². The van der Waals surface area contributed by atoms with Gasteiger partial charge in [0.05, 0.1) is 24.6 Å². The van der Waals surface area contributed by atoms with Crippen LogP contribution in [0.4, 0.5) is 5.95 Å². The highest BCUT2D eigenvalue weighted by Crippen LogP contribution is 2.30. The molecule has 0 aliphatic carbocycles. The molecule has 0 unspecified atom stereocenters. The Hall–Kier alpha value is -4.31. The molecule has 196 valence electrons. The minimum Gasteiger partial charge on any atom is -0.480 e. The summed E-state index contributed by atoms with van der Waals surface area (Å²) in [7, 11) is 3.51. The van der Waals surface area contributed by atoms with Gasteiger partial charge in [-0.2, -0.15) is 10.1 Å². The van der Waals surface area contributed by atoms with E-state index in [2.05, 4.69) is 37.2 Å². The van der Waals surface area contributed by atoms with Crippen molar-refractivity contribution in [2.24, 2.45) is 7.05 Å². The number of aliphatic hydroxyl groups is 1. The average molecular weight is 513 g/mol. The van der Waals surface area contributed by atoms with Crippen LogP contribution in [0.2, 0.25) is 0 Å². The lowest BCUT2D eigenvalue weighted by atomic mass is 10.0. The van der Waals surface area contributed by atoms with E-state index in [0.717, 1.165) is 63.2 Å². The zero-order valence-corrected chi connectivity index (χ0v) is 22.1. The second-order valence-corrected chi connectivity index (χ2v) is 9.20. The fourth-order valence-electron chi connectivity index (χ4n) is 4.57. The number of pyridine rings is 2. The SMILES string of the molecule is CCN(CCCO)c1ncc(-c2ccc(Cc3c[nH]c4ncc(-c5cnn(C)c5)cc34)c(C)n2)c(OC)n1. The summed E-state index contributed by atoms with van der Waals surface area (Å²) in [5, 5.41) is 14.6. The predicted molar refractivity (Wildman–Crippen MR) is 147 cm³/mol. The highest BCUT2D eigenvalue weighted by atomic mass is 16.5. The molecule has 0 saturated carbocycles. The van der Waals surface area contributed by atoms with Gasteiger partial charge >= 0.3 is 0 Å². The molecule has 0 amide bonds. The second-order valence-electron chi connectivity index (χ2n) is 9.20. The molecule has 5 heterocycles. The molecule has 0 radical (unpaired) electrons. The van der Waals surface area contributed by atoms with Crippen molar-refractivity contribution in [1.82, 2.24) is 34.7 Å². The topological polar surface area (TPSA) is 118 Å². The Bertz CT molecular complexity index is 1560. The number of ether oxygens (including phenoxy) is 1. The van der Waals surface area contributed by atoms with E-state index < -0.39 is 0 Å². The molecular weight excluding hydrogens is 480 g/mol. The van der Waals surface area contributed by atoms with Crippen LogP contribution >= 0.6 is 0 Å². The monoisotopic (exact) mass is 512 g/mol. The number of methoxy groups -OCH3 is 1. The van der Waals surface area contributed by atoms with Crippen molar-refractivity contribution in [2.75, 3.05) is 31.7 Å². The van der Waals surface area contributed by atoms with Crippen molar-refractivity contribution >= 4 is 17.0 Å². The van der Waals surface area contributed by atoms with Gasteiger partial charge in [0, 0.05) is 80.2 Å². The highest BCUT2D eigenvalue weighted by Gasteiger charge is 2.16. The van der Waals surface area contributed by atoms with E-state index in [1.165, 1.54) is 0 Å². The average Bonchev–Trinajstić information content (AvgIpc) is 3.55. The predicted octanol–water partition coefficient (Wildman–Crippen LogP) is 3.93. The van der Waals surface area contributed by atoms with Crippen LogP contribution in [-0.2, 0) is 13.5 Å². The van der Waals surface area contributed by atoms with E-state index in [1.54, 1.807) is 18.0 Å². The standard InChI is InChI=1S/C28H32N8O2/c1-5-36(9-6-10-37)28-31-16-24(27(34-28)38-4)25-8-7-19(18(2)33-25)11-21-14-30-26-23(21)12-20(13-29-26)22-15-32-35(3)17-22/h7-8,12-17,37H,5-6,9-11H2,1-4H3,(H,29,30). The first-order valence-electron chi connectivity index (χ1n) is 12.7. The van der Waals surface area contributed by atoms with Crippen molar-refractivity contribution in [3.8, 4) is 28.3 Å². The molecule has 0 saturated heterocycles. The van der Waals surface area contributed by atoms with Gasteiger partial charge in [-0.05, 0) is 43.5 Å². The van der Waals surface area contributed by atoms with E-state index in [4.69, 9.17) is 9.72 Å². The Kier molecular flexibility index (Phi) is 7.32. The molecule has 5 rings (SSSR count). The Morgan fingerprint density at radius 1 is 1.08 bits per heavy atom. The molecule has 5 aromatic rings. The number of hydrogen-bond acceptors (Lipinski definition) is 8. The van der Waals surface area contributed by atoms with Crippen molar-refractivity contribution in [3.05, 3.63) is 66.0 Å². The lowest BCUT2D eigenvalue weighted by Gasteiger charge is -2.21. The largest absolute Gasteiger partial charge is 0.480 e. The molecule has 10 heteroatoms. The Labute approximate surface area is 221 Å². The van der Waals surface area contributed by atoms with Gasteiger partial charge in [-0.15, -0.1) is 0 Å². The number of rotatable bonds is 10. The lowest BCUT2D eigenvalue weighted by molar-refractivity contribution is 0.289. The van der Waals surface area contributed by atoms with Gasteiger partial charge in [0.15, 0.2) is 0 Å². The summed E-state index contributed by atoms with van der Waals surface area (Å²) in [5.41, 5.74) is 7.63. The number of aromatic nitrogens is 7. The molecule has 38 heavy (non-hydrogen) atoms. The molecule has 0 aliphatic heterocycles. The Morgan fingerprint density at radius 3 is 2.66 bits per heavy atom. The van der Waals surface area contributed by atoms with Gasteiger partial charge in [0.25, 0.3) is 0 Å². The van der Waals surface area contributed by atoms with Gasteiger partial charge in [-0.3, -0.25) is 9.67 Å². The van der Waals surface area contributed by atoms with Gasteiger partial charge in [0.2, 0.25) is 11.8 Å². The van der Waals surface area contributed by atoms with E-state index in [0.29, 0.717) is 24.8 Å². The molecule has 5 aromatic heterocycles. The third-order valence-corrected chi connectivity index (χ3v) is 6.69. The van der Waals surface area contributed by atoms with Crippen LogP contribution in [0.25, 0.3) is 33.4 Å². The number of aromatic amines is 1. The number of H-pyrrole nitrogens is 1. The van der Waals surface area contributed by atoms with Crippen molar-refractivity contribution < 1.29 is 9.84 Å². The van der Waals surface area contributed by atoms with Crippen molar-refractivity contribution in [3.63, 3.8) is 0 Å². The summed E-state index contributed by atoms with van der Waals surface area (Å²) in [6, 6.07) is 6.24. The number of anilines is 1. The summed E-state index contributed by atoms with van der Waals surface area (Å²) in [6.07, 6.45) is 10.9. The molecule has 0 spiro atoms. The zero-order chi connectivity index (χ0) is 26.6. The summed E-state index contributed by atoms with van der Waals surface area (Å²) < 4.78 is 7.40. The number of aryl methyl sites for hydroxylation is 2. The zero-order valence-electron chi connectivity index (χ0n) is 22.1. The van der Waals surface area contributed by atoms with Gasteiger partial charge < -0.3 is 19.7 Å². The molecule has 0 bridgehead atoms. The van der Waals surface area contributed by atoms with Gasteiger partial charge in [0.1, 0.15) is 5.65 Å². The minimum atomic E-state index is 0.127. The van der Waals surface area contributed by atoms with E-state index >= 15 is 0 Å². The lowest BCUT2D eigenvalue weighted by Crippen LogP contribution is -2.26. The summed E-state index contributed by atoms with van der Waals surface area (Å²) >= 11 is 0. The first-order valence-corrected chi connectivity index (χ1v) is 12.7. The third-order valence-electron chi connectivity index (χ3n) is 6.69. The molecule has 2 N–H and O–H groups in total. The molecule has 0 fully saturated rings. The number of nitrogens with one attached hydrogen (secondary N) is 1. The summed E-state index contributed by atoms with van der Waals surface area (Å²) in [5.74, 6) is 1.05. The fraction of sp³-hybridized carbons (Fsp3) is 0.321. The quantitative estimate of drug-likeness (QED) is 0.289. The van der Waals surface area contributed by atoms with Crippen LogP contribution in [0.1, 0.15) is 30.2 Å². The van der Waals surface area contributed by atoms with Crippen molar-refractivity contribution in [1.29, 1.82) is 0 Å². The third kappa shape index (κ3) is 5.08. The van der Waals surface area contributed by atoms with Gasteiger partial charge in [-0.1, -0.05) is 6.07 Å². The summed E-state index contributed by atoms with van der Waals surface area (Å²) in [6.45, 7) is 5.59. The highest BCUT2D eigenvalue weighted by molar-refractivity contribution is 5.84. The minimum absolute atomic E-state index is 0.127. The molecule has 0 aromatic carbocycles. The summed E-state index contributed by atoms with van der Waals surface area (Å²) in [4.78, 5) is 24.0. The first-order chi connectivity index (χ1) is 18.5. The van der Waals surface area contributed by atoms with Crippen LogP contribution in [0, 0.1) is 6.92 Å². The fourth-order valence-corrected chi connectivity index (χ4v) is 4.57. The Morgan fingerprint density at radius 2 is 1.95 bits per heavy atom. The maximum absolute atomic E-state index is 9.18. The van der Waals surface area contributed by atoms with Crippen LogP contribution in [0.15, 0.2) is 49.2 Å².